The van der Waals surface area contributed by atoms with Crippen molar-refractivity contribution in [2.24, 2.45) is 0 Å². The van der Waals surface area contributed by atoms with Gasteiger partial charge in [-0.3, -0.25) is 0 Å². The zero-order chi connectivity index (χ0) is 20.9. The van der Waals surface area contributed by atoms with Crippen LogP contribution in [0.1, 0.15) is 11.1 Å². The van der Waals surface area contributed by atoms with Crippen molar-refractivity contribution in [1.82, 2.24) is 0 Å². The molecule has 0 saturated carbocycles. The Bertz CT molecular complexity index is 1010. The summed E-state index contributed by atoms with van der Waals surface area (Å²) in [7, 11) is 0.0432. The van der Waals surface area contributed by atoms with Crippen molar-refractivity contribution in [1.29, 1.82) is 0 Å². The van der Waals surface area contributed by atoms with Gasteiger partial charge < -0.3 is 19.5 Å². The molecule has 0 bridgehead atoms. The topological polar surface area (TPSA) is 90.9 Å². The smallest absolute Gasteiger partial charge is 0.351 e. The Kier molecular flexibility index (Phi) is 6.69. The molecule has 0 fully saturated rings. The molecule has 28 heavy (non-hydrogen) atoms. The molecule has 1 N–H and O–H groups in total. The van der Waals surface area contributed by atoms with E-state index in [9.17, 15) is 13.2 Å². The Morgan fingerprint density at radius 1 is 0.929 bits per heavy atom. The first kappa shape index (κ1) is 21.3. The van der Waals surface area contributed by atoms with Crippen molar-refractivity contribution >= 4 is 21.5 Å². The Hall–Kier alpha value is -3.00. The van der Waals surface area contributed by atoms with Crippen LogP contribution in [0, 0.1) is 13.8 Å². The quantitative estimate of drug-likeness (QED) is 0.559. The SMILES string of the molecule is COC(=O)C(=CNc1ccc(OC)c(OC)c1)S(=O)(=O)c1ccc(C)c(C)c1. The van der Waals surface area contributed by atoms with E-state index in [-0.39, 0.29) is 4.90 Å². The molecule has 2 aromatic rings. The number of hydrogen-bond donors (Lipinski definition) is 1. The molecular formula is C20H23NO6S. The molecule has 8 heteroatoms. The standard InChI is InChI=1S/C20H23NO6S/c1-13-6-8-16(10-14(13)2)28(23,24)19(20(22)27-5)12-21-15-7-9-17(25-3)18(11-15)26-4/h6-12,21H,1-5H3. The van der Waals surface area contributed by atoms with Crippen LogP contribution in [0.25, 0.3) is 0 Å². The molecule has 0 aliphatic rings. The van der Waals surface area contributed by atoms with Gasteiger partial charge in [-0.15, -0.1) is 0 Å². The van der Waals surface area contributed by atoms with Crippen LogP contribution in [0.2, 0.25) is 0 Å². The number of benzene rings is 2. The van der Waals surface area contributed by atoms with E-state index >= 15 is 0 Å². The Morgan fingerprint density at radius 2 is 1.61 bits per heavy atom. The lowest BCUT2D eigenvalue weighted by Crippen LogP contribution is -2.17. The van der Waals surface area contributed by atoms with E-state index < -0.39 is 20.7 Å². The maximum Gasteiger partial charge on any atom is 0.351 e. The maximum absolute atomic E-state index is 13.0. The van der Waals surface area contributed by atoms with E-state index in [0.717, 1.165) is 24.4 Å². The second kappa shape index (κ2) is 8.79. The second-order valence-corrected chi connectivity index (χ2v) is 7.88. The van der Waals surface area contributed by atoms with Crippen LogP contribution in [0.5, 0.6) is 11.5 Å². The Labute approximate surface area is 164 Å². The van der Waals surface area contributed by atoms with Crippen molar-refractivity contribution < 1.29 is 27.4 Å². The fourth-order valence-corrected chi connectivity index (χ4v) is 3.78. The van der Waals surface area contributed by atoms with Crippen LogP contribution in [-0.2, 0) is 19.4 Å². The highest BCUT2D eigenvalue weighted by Crippen LogP contribution is 2.30. The van der Waals surface area contributed by atoms with Gasteiger partial charge in [-0.25, -0.2) is 13.2 Å². The first-order valence-electron chi connectivity index (χ1n) is 8.34. The number of nitrogens with one attached hydrogen (secondary N) is 1. The van der Waals surface area contributed by atoms with E-state index in [4.69, 9.17) is 9.47 Å². The molecule has 0 spiro atoms. The molecule has 0 heterocycles. The van der Waals surface area contributed by atoms with Gasteiger partial charge in [-0.1, -0.05) is 6.07 Å². The van der Waals surface area contributed by atoms with Crippen LogP contribution >= 0.6 is 0 Å². The number of methoxy groups -OCH3 is 3. The molecule has 7 nitrogen and oxygen atoms in total. The molecule has 0 radical (unpaired) electrons. The molecule has 0 aliphatic heterocycles. The van der Waals surface area contributed by atoms with Crippen molar-refractivity contribution in [2.75, 3.05) is 26.6 Å². The summed E-state index contributed by atoms with van der Waals surface area (Å²) < 4.78 is 41.0. The van der Waals surface area contributed by atoms with Gasteiger partial charge in [0.05, 0.1) is 26.2 Å². The summed E-state index contributed by atoms with van der Waals surface area (Å²) in [5, 5.41) is 2.81. The summed E-state index contributed by atoms with van der Waals surface area (Å²) in [6, 6.07) is 9.62. The van der Waals surface area contributed by atoms with Crippen molar-refractivity contribution in [3.05, 3.63) is 58.6 Å². The van der Waals surface area contributed by atoms with Gasteiger partial charge in [0.1, 0.15) is 0 Å². The van der Waals surface area contributed by atoms with Gasteiger partial charge in [0.15, 0.2) is 16.4 Å². The molecule has 0 unspecified atom stereocenters. The Morgan fingerprint density at radius 3 is 2.18 bits per heavy atom. The third-order valence-electron chi connectivity index (χ3n) is 4.22. The highest BCUT2D eigenvalue weighted by molar-refractivity contribution is 7.96. The maximum atomic E-state index is 13.0. The van der Waals surface area contributed by atoms with Crippen LogP contribution in [0.3, 0.4) is 0 Å². The highest BCUT2D eigenvalue weighted by atomic mass is 32.2. The van der Waals surface area contributed by atoms with E-state index in [1.54, 1.807) is 31.2 Å². The number of esters is 1. The molecule has 150 valence electrons. The molecule has 0 aromatic heterocycles. The molecule has 2 aromatic carbocycles. The number of rotatable bonds is 7. The summed E-state index contributed by atoms with van der Waals surface area (Å²) in [6.07, 6.45) is 1.11. The molecular weight excluding hydrogens is 382 g/mol. The van der Waals surface area contributed by atoms with E-state index in [2.05, 4.69) is 10.1 Å². The van der Waals surface area contributed by atoms with Crippen molar-refractivity contribution in [2.45, 2.75) is 18.7 Å². The first-order chi connectivity index (χ1) is 13.2. The number of hydrogen-bond acceptors (Lipinski definition) is 7. The minimum Gasteiger partial charge on any atom is -0.493 e. The van der Waals surface area contributed by atoms with Crippen LogP contribution in [0.15, 0.2) is 52.4 Å². The average molecular weight is 405 g/mol. The number of carbonyl (C=O) groups is 1. The summed E-state index contributed by atoms with van der Waals surface area (Å²) in [5.74, 6) is 0.0108. The lowest BCUT2D eigenvalue weighted by Gasteiger charge is -2.12. The van der Waals surface area contributed by atoms with Gasteiger partial charge in [0.25, 0.3) is 0 Å². The van der Waals surface area contributed by atoms with Crippen molar-refractivity contribution in [3.63, 3.8) is 0 Å². The minimum atomic E-state index is -4.08. The third-order valence-corrected chi connectivity index (χ3v) is 5.96. The zero-order valence-corrected chi connectivity index (χ0v) is 17.2. The first-order valence-corrected chi connectivity index (χ1v) is 9.82. The summed E-state index contributed by atoms with van der Waals surface area (Å²) in [5.41, 5.74) is 2.26. The summed E-state index contributed by atoms with van der Waals surface area (Å²) in [6.45, 7) is 3.68. The van der Waals surface area contributed by atoms with E-state index in [0.29, 0.717) is 17.2 Å². The minimum absolute atomic E-state index is 0.0151. The van der Waals surface area contributed by atoms with Gasteiger partial charge in [-0.2, -0.15) is 0 Å². The predicted octanol–water partition coefficient (Wildman–Crippen LogP) is 3.22. The fraction of sp³-hybridized carbons (Fsp3) is 0.250. The van der Waals surface area contributed by atoms with Gasteiger partial charge in [0.2, 0.25) is 9.84 Å². The van der Waals surface area contributed by atoms with E-state index in [1.807, 2.05) is 6.92 Å². The van der Waals surface area contributed by atoms with Gasteiger partial charge in [-0.05, 0) is 49.2 Å². The number of anilines is 1. The lowest BCUT2D eigenvalue weighted by atomic mass is 10.1. The molecule has 0 aliphatic carbocycles. The second-order valence-electron chi connectivity index (χ2n) is 5.96. The predicted molar refractivity (Wildman–Crippen MR) is 106 cm³/mol. The highest BCUT2D eigenvalue weighted by Gasteiger charge is 2.28. The molecule has 0 saturated heterocycles. The largest absolute Gasteiger partial charge is 0.493 e. The van der Waals surface area contributed by atoms with Crippen LogP contribution in [0.4, 0.5) is 5.69 Å². The number of carbonyl (C=O) groups excluding carboxylic acids is 1. The third kappa shape index (κ3) is 4.45. The summed E-state index contributed by atoms with van der Waals surface area (Å²) in [4.78, 5) is 11.7. The average Bonchev–Trinajstić information content (AvgIpc) is 2.69. The number of ether oxygens (including phenoxy) is 3. The lowest BCUT2D eigenvalue weighted by molar-refractivity contribution is -0.135. The summed E-state index contributed by atoms with van der Waals surface area (Å²) >= 11 is 0. The van der Waals surface area contributed by atoms with Crippen LogP contribution < -0.4 is 14.8 Å². The van der Waals surface area contributed by atoms with Crippen LogP contribution in [-0.4, -0.2) is 35.7 Å². The normalized spacial score (nSPS) is 11.7. The van der Waals surface area contributed by atoms with Gasteiger partial charge in [0, 0.05) is 18.0 Å². The molecule has 0 amide bonds. The van der Waals surface area contributed by atoms with Crippen molar-refractivity contribution in [3.8, 4) is 11.5 Å². The molecule has 0 atom stereocenters. The fourth-order valence-electron chi connectivity index (χ4n) is 2.43. The zero-order valence-electron chi connectivity index (χ0n) is 16.4. The molecule has 2 rings (SSSR count). The van der Waals surface area contributed by atoms with E-state index in [1.165, 1.54) is 26.4 Å². The number of sulfone groups is 1. The monoisotopic (exact) mass is 405 g/mol. The Balaban J connectivity index is 2.46. The number of aryl methyl sites for hydroxylation is 2. The van der Waals surface area contributed by atoms with Gasteiger partial charge >= 0.3 is 5.97 Å².